The molecule has 104 valence electrons. The smallest absolute Gasteiger partial charge is 0.135 e. The molecule has 3 rings (SSSR count). The van der Waals surface area contributed by atoms with Crippen LogP contribution in [0.25, 0.3) is 0 Å². The van der Waals surface area contributed by atoms with E-state index in [1.54, 1.807) is 11.8 Å². The third-order valence-corrected chi connectivity index (χ3v) is 4.20. The number of nitrogens with one attached hydrogen (secondary N) is 1. The molecule has 0 spiro atoms. The molecule has 0 bridgehead atoms. The minimum absolute atomic E-state index is 0.263. The maximum absolute atomic E-state index is 13.7. The fraction of sp³-hybridized carbons (Fsp3) is 0.286. The number of hydrogen-bond acceptors (Lipinski definition) is 4. The van der Waals surface area contributed by atoms with Crippen molar-refractivity contribution in [2.45, 2.75) is 17.9 Å². The lowest BCUT2D eigenvalue weighted by atomic mass is 10.1. The lowest BCUT2D eigenvalue weighted by Crippen LogP contribution is -2.07. The monoisotopic (exact) mass is 293 g/mol. The van der Waals surface area contributed by atoms with E-state index in [0.29, 0.717) is 11.4 Å². The van der Waals surface area contributed by atoms with Gasteiger partial charge in [0.05, 0.1) is 5.69 Å². The van der Waals surface area contributed by atoms with Gasteiger partial charge in [0.1, 0.15) is 23.3 Å². The number of rotatable bonds is 3. The molecule has 0 atom stereocenters. The average molecular weight is 293 g/mol. The zero-order valence-electron chi connectivity index (χ0n) is 10.9. The fourth-order valence-corrected chi connectivity index (χ4v) is 3.27. The topological polar surface area (TPSA) is 37.8 Å². The van der Waals surface area contributed by atoms with Crippen molar-refractivity contribution in [3.8, 4) is 0 Å². The van der Waals surface area contributed by atoms with Crippen LogP contribution in [0, 0.1) is 11.6 Å². The van der Waals surface area contributed by atoms with Crippen molar-refractivity contribution in [1.82, 2.24) is 9.97 Å². The molecule has 1 aliphatic rings. The van der Waals surface area contributed by atoms with Gasteiger partial charge >= 0.3 is 0 Å². The quantitative estimate of drug-likeness (QED) is 0.943. The summed E-state index contributed by atoms with van der Waals surface area (Å²) >= 11 is 1.79. The second-order valence-corrected chi connectivity index (χ2v) is 5.55. The van der Waals surface area contributed by atoms with Crippen LogP contribution in [0.2, 0.25) is 0 Å². The predicted octanol–water partition coefficient (Wildman–Crippen LogP) is 3.13. The van der Waals surface area contributed by atoms with E-state index in [9.17, 15) is 8.78 Å². The number of hydrogen-bond donors (Lipinski definition) is 1. The molecular weight excluding hydrogens is 280 g/mol. The maximum atomic E-state index is 13.7. The van der Waals surface area contributed by atoms with Crippen LogP contribution in [0.5, 0.6) is 0 Å². The standard InChI is InChI=1S/C14H13F2N3S/c1-17-14-10-6-20-7-12(10)18-13(19-14)4-8-2-3-9(15)5-11(8)16/h2-3,5H,4,6-7H2,1H3,(H,17,18,19). The molecule has 0 radical (unpaired) electrons. The lowest BCUT2D eigenvalue weighted by molar-refractivity contribution is 0.573. The number of halogens is 2. The molecule has 2 aromatic rings. The number of nitrogens with zero attached hydrogens (tertiary/aromatic N) is 2. The van der Waals surface area contributed by atoms with Gasteiger partial charge in [0, 0.05) is 36.6 Å². The van der Waals surface area contributed by atoms with Gasteiger partial charge in [-0.05, 0) is 11.6 Å². The maximum Gasteiger partial charge on any atom is 0.135 e. The van der Waals surface area contributed by atoms with E-state index in [1.165, 1.54) is 12.1 Å². The summed E-state index contributed by atoms with van der Waals surface area (Å²) in [6, 6.07) is 3.58. The number of thioether (sulfide) groups is 1. The minimum Gasteiger partial charge on any atom is -0.373 e. The number of fused-ring (bicyclic) bond motifs is 1. The zero-order chi connectivity index (χ0) is 14.1. The molecule has 1 aromatic heterocycles. The van der Waals surface area contributed by atoms with Crippen molar-refractivity contribution in [2.24, 2.45) is 0 Å². The summed E-state index contributed by atoms with van der Waals surface area (Å²) in [5.74, 6) is 1.98. The van der Waals surface area contributed by atoms with Crippen LogP contribution in [0.4, 0.5) is 14.6 Å². The molecule has 0 saturated carbocycles. The van der Waals surface area contributed by atoms with Crippen LogP contribution in [0.15, 0.2) is 18.2 Å². The molecule has 3 nitrogen and oxygen atoms in total. The van der Waals surface area contributed by atoms with Crippen LogP contribution in [0.3, 0.4) is 0 Å². The molecule has 20 heavy (non-hydrogen) atoms. The summed E-state index contributed by atoms with van der Waals surface area (Å²) in [6.07, 6.45) is 0.263. The fourth-order valence-electron chi connectivity index (χ4n) is 2.22. The Morgan fingerprint density at radius 3 is 2.85 bits per heavy atom. The SMILES string of the molecule is CNc1nc(Cc2ccc(F)cc2F)nc2c1CSC2. The Labute approximate surface area is 119 Å². The second-order valence-electron chi connectivity index (χ2n) is 4.57. The van der Waals surface area contributed by atoms with Crippen molar-refractivity contribution in [3.63, 3.8) is 0 Å². The Morgan fingerprint density at radius 1 is 1.25 bits per heavy atom. The first-order chi connectivity index (χ1) is 9.67. The van der Waals surface area contributed by atoms with Gasteiger partial charge in [-0.2, -0.15) is 11.8 Å². The summed E-state index contributed by atoms with van der Waals surface area (Å²) in [5.41, 5.74) is 2.53. The van der Waals surface area contributed by atoms with Gasteiger partial charge in [0.2, 0.25) is 0 Å². The van der Waals surface area contributed by atoms with E-state index < -0.39 is 11.6 Å². The lowest BCUT2D eigenvalue weighted by Gasteiger charge is -2.09. The van der Waals surface area contributed by atoms with Gasteiger partial charge in [0.15, 0.2) is 0 Å². The largest absolute Gasteiger partial charge is 0.373 e. The van der Waals surface area contributed by atoms with Crippen molar-refractivity contribution in [1.29, 1.82) is 0 Å². The number of benzene rings is 1. The van der Waals surface area contributed by atoms with E-state index in [1.807, 2.05) is 7.05 Å². The van der Waals surface area contributed by atoms with Gasteiger partial charge in [-0.25, -0.2) is 18.7 Å². The predicted molar refractivity (Wildman–Crippen MR) is 75.7 cm³/mol. The molecule has 0 aliphatic carbocycles. The third kappa shape index (κ3) is 2.47. The van der Waals surface area contributed by atoms with E-state index in [2.05, 4.69) is 15.3 Å². The van der Waals surface area contributed by atoms with Crippen molar-refractivity contribution in [2.75, 3.05) is 12.4 Å². The van der Waals surface area contributed by atoms with E-state index >= 15 is 0 Å². The average Bonchev–Trinajstić information content (AvgIpc) is 2.89. The Kier molecular flexibility index (Phi) is 3.56. The van der Waals surface area contributed by atoms with Gasteiger partial charge in [-0.3, -0.25) is 0 Å². The van der Waals surface area contributed by atoms with Gasteiger partial charge in [-0.15, -0.1) is 0 Å². The Bertz CT molecular complexity index is 661. The first kappa shape index (κ1) is 13.3. The summed E-state index contributed by atoms with van der Waals surface area (Å²) in [5, 5.41) is 3.06. The first-order valence-electron chi connectivity index (χ1n) is 6.25. The van der Waals surface area contributed by atoms with Crippen molar-refractivity contribution < 1.29 is 8.78 Å². The number of aromatic nitrogens is 2. The van der Waals surface area contributed by atoms with Crippen LogP contribution in [0.1, 0.15) is 22.6 Å². The van der Waals surface area contributed by atoms with Crippen molar-refractivity contribution >= 4 is 17.6 Å². The molecule has 1 aliphatic heterocycles. The molecule has 0 unspecified atom stereocenters. The van der Waals surface area contributed by atoms with Crippen LogP contribution >= 0.6 is 11.8 Å². The van der Waals surface area contributed by atoms with E-state index in [-0.39, 0.29) is 6.42 Å². The third-order valence-electron chi connectivity index (χ3n) is 3.22. The highest BCUT2D eigenvalue weighted by atomic mass is 32.2. The molecule has 0 fully saturated rings. The normalized spacial score (nSPS) is 13.3. The Morgan fingerprint density at radius 2 is 2.10 bits per heavy atom. The molecule has 0 amide bonds. The molecule has 1 N–H and O–H groups in total. The van der Waals surface area contributed by atoms with Crippen LogP contribution < -0.4 is 5.32 Å². The molecular formula is C14H13F2N3S. The first-order valence-corrected chi connectivity index (χ1v) is 7.41. The van der Waals surface area contributed by atoms with Crippen molar-refractivity contribution in [3.05, 3.63) is 52.5 Å². The van der Waals surface area contributed by atoms with Gasteiger partial charge in [0.25, 0.3) is 0 Å². The van der Waals surface area contributed by atoms with Crippen LogP contribution in [-0.2, 0) is 17.9 Å². The molecule has 1 aromatic carbocycles. The Balaban J connectivity index is 1.95. The number of anilines is 1. The second kappa shape index (κ2) is 5.36. The van der Waals surface area contributed by atoms with Gasteiger partial charge < -0.3 is 5.32 Å². The highest BCUT2D eigenvalue weighted by Crippen LogP contribution is 2.32. The highest BCUT2D eigenvalue weighted by molar-refractivity contribution is 7.98. The van der Waals surface area contributed by atoms with E-state index in [0.717, 1.165) is 34.6 Å². The minimum atomic E-state index is -0.576. The highest BCUT2D eigenvalue weighted by Gasteiger charge is 2.19. The summed E-state index contributed by atoms with van der Waals surface area (Å²) < 4.78 is 26.6. The summed E-state index contributed by atoms with van der Waals surface area (Å²) in [7, 11) is 1.81. The van der Waals surface area contributed by atoms with Gasteiger partial charge in [-0.1, -0.05) is 6.07 Å². The zero-order valence-corrected chi connectivity index (χ0v) is 11.7. The summed E-state index contributed by atoms with van der Waals surface area (Å²) in [4.78, 5) is 8.91. The molecule has 0 saturated heterocycles. The molecule has 2 heterocycles. The summed E-state index contributed by atoms with van der Waals surface area (Å²) in [6.45, 7) is 0. The molecule has 6 heteroatoms. The van der Waals surface area contributed by atoms with Crippen LogP contribution in [-0.4, -0.2) is 17.0 Å². The Hall–Kier alpha value is -1.69. The van der Waals surface area contributed by atoms with E-state index in [4.69, 9.17) is 0 Å².